The number of halogens is 3. The van der Waals surface area contributed by atoms with Crippen molar-refractivity contribution in [1.82, 2.24) is 14.8 Å². The van der Waals surface area contributed by atoms with E-state index in [1.54, 1.807) is 24.3 Å². The van der Waals surface area contributed by atoms with Crippen molar-refractivity contribution in [3.63, 3.8) is 0 Å². The third kappa shape index (κ3) is 2.82. The predicted octanol–water partition coefficient (Wildman–Crippen LogP) is 3.62. The third-order valence-electron chi connectivity index (χ3n) is 3.36. The molecule has 1 aromatic carbocycles. The van der Waals surface area contributed by atoms with Gasteiger partial charge in [-0.15, -0.1) is 0 Å². The molecule has 0 aliphatic carbocycles. The standard InChI is InChI=1S/C16H12F3N3O2/c1-2-24-15(23)14-11(16(17,18)19)9-22(21-14)13-7-8-20-12-6-4-3-5-10(12)13/h3-9H,2H2,1H3. The van der Waals surface area contributed by atoms with E-state index in [0.29, 0.717) is 16.6 Å². The minimum Gasteiger partial charge on any atom is -0.461 e. The van der Waals surface area contributed by atoms with E-state index in [9.17, 15) is 18.0 Å². The van der Waals surface area contributed by atoms with Crippen molar-refractivity contribution in [3.05, 3.63) is 54.0 Å². The second-order valence-corrected chi connectivity index (χ2v) is 4.90. The maximum atomic E-state index is 13.2. The number of hydrogen-bond donors (Lipinski definition) is 0. The second kappa shape index (κ2) is 5.95. The van der Waals surface area contributed by atoms with Crippen molar-refractivity contribution in [1.29, 1.82) is 0 Å². The van der Waals surface area contributed by atoms with Crippen molar-refractivity contribution < 1.29 is 22.7 Å². The molecule has 0 aliphatic rings. The van der Waals surface area contributed by atoms with Gasteiger partial charge in [-0.25, -0.2) is 9.48 Å². The summed E-state index contributed by atoms with van der Waals surface area (Å²) < 4.78 is 45.4. The summed E-state index contributed by atoms with van der Waals surface area (Å²) in [6, 6.07) is 8.50. The van der Waals surface area contributed by atoms with Crippen LogP contribution in [0, 0.1) is 0 Å². The fourth-order valence-electron chi connectivity index (χ4n) is 2.34. The van der Waals surface area contributed by atoms with Crippen LogP contribution in [0.3, 0.4) is 0 Å². The minimum absolute atomic E-state index is 0.0405. The molecule has 0 unspecified atom stereocenters. The number of esters is 1. The first-order valence-electron chi connectivity index (χ1n) is 7.10. The van der Waals surface area contributed by atoms with Gasteiger partial charge in [-0.3, -0.25) is 4.98 Å². The molecule has 3 rings (SSSR count). The molecular formula is C16H12F3N3O2. The lowest BCUT2D eigenvalue weighted by atomic mass is 10.2. The molecule has 0 spiro atoms. The minimum atomic E-state index is -4.72. The predicted molar refractivity (Wildman–Crippen MR) is 79.8 cm³/mol. The van der Waals surface area contributed by atoms with Crippen LogP contribution in [0.15, 0.2) is 42.7 Å². The van der Waals surface area contributed by atoms with Crippen LogP contribution >= 0.6 is 0 Å². The van der Waals surface area contributed by atoms with Crippen LogP contribution in [0.2, 0.25) is 0 Å². The SMILES string of the molecule is CCOC(=O)c1nn(-c2ccnc3ccccc23)cc1C(F)(F)F. The Labute approximate surface area is 134 Å². The van der Waals surface area contributed by atoms with Gasteiger partial charge >= 0.3 is 12.1 Å². The Bertz CT molecular complexity index is 898. The Balaban J connectivity index is 2.20. The molecule has 0 N–H and O–H groups in total. The average molecular weight is 335 g/mol. The van der Waals surface area contributed by atoms with Gasteiger partial charge in [0.05, 0.1) is 17.8 Å². The van der Waals surface area contributed by atoms with Crippen molar-refractivity contribution in [3.8, 4) is 5.69 Å². The van der Waals surface area contributed by atoms with Crippen molar-refractivity contribution in [2.45, 2.75) is 13.1 Å². The van der Waals surface area contributed by atoms with Crippen LogP contribution in [0.25, 0.3) is 16.6 Å². The molecule has 2 heterocycles. The number of fused-ring (bicyclic) bond motifs is 1. The first-order valence-corrected chi connectivity index (χ1v) is 7.10. The van der Waals surface area contributed by atoms with Gasteiger partial charge in [0.25, 0.3) is 0 Å². The Hall–Kier alpha value is -2.90. The first kappa shape index (κ1) is 16.0. The lowest BCUT2D eigenvalue weighted by molar-refractivity contribution is -0.138. The normalized spacial score (nSPS) is 11.7. The lowest BCUT2D eigenvalue weighted by Gasteiger charge is -2.05. The highest BCUT2D eigenvalue weighted by molar-refractivity contribution is 5.90. The van der Waals surface area contributed by atoms with Crippen molar-refractivity contribution in [2.75, 3.05) is 6.61 Å². The molecule has 0 saturated carbocycles. The van der Waals surface area contributed by atoms with Gasteiger partial charge in [0.15, 0.2) is 5.69 Å². The molecule has 2 aromatic heterocycles. The van der Waals surface area contributed by atoms with E-state index in [1.807, 2.05) is 0 Å². The zero-order valence-electron chi connectivity index (χ0n) is 12.5. The maximum Gasteiger partial charge on any atom is 0.420 e. The summed E-state index contributed by atoms with van der Waals surface area (Å²) in [5.41, 5.74) is -0.898. The van der Waals surface area contributed by atoms with Crippen LogP contribution in [0.5, 0.6) is 0 Å². The van der Waals surface area contributed by atoms with E-state index in [0.717, 1.165) is 10.9 Å². The maximum absolute atomic E-state index is 13.2. The van der Waals surface area contributed by atoms with Gasteiger partial charge in [0, 0.05) is 17.8 Å². The molecule has 0 amide bonds. The number of hydrogen-bond acceptors (Lipinski definition) is 4. The van der Waals surface area contributed by atoms with Crippen LogP contribution in [0.4, 0.5) is 13.2 Å². The van der Waals surface area contributed by atoms with Crippen LogP contribution in [0.1, 0.15) is 23.0 Å². The van der Waals surface area contributed by atoms with Gasteiger partial charge < -0.3 is 4.74 Å². The third-order valence-corrected chi connectivity index (χ3v) is 3.36. The molecule has 0 saturated heterocycles. The van der Waals surface area contributed by atoms with E-state index < -0.39 is 23.4 Å². The number of rotatable bonds is 3. The zero-order chi connectivity index (χ0) is 17.3. The molecule has 0 atom stereocenters. The van der Waals surface area contributed by atoms with Gasteiger partial charge in [-0.1, -0.05) is 18.2 Å². The topological polar surface area (TPSA) is 57.0 Å². The Morgan fingerprint density at radius 3 is 2.71 bits per heavy atom. The smallest absolute Gasteiger partial charge is 0.420 e. The summed E-state index contributed by atoms with van der Waals surface area (Å²) in [5.74, 6) is -1.11. The van der Waals surface area contributed by atoms with Gasteiger partial charge in [-0.2, -0.15) is 18.3 Å². The highest BCUT2D eigenvalue weighted by Crippen LogP contribution is 2.33. The molecule has 0 aliphatic heterocycles. The van der Waals surface area contributed by atoms with Gasteiger partial charge in [0.2, 0.25) is 0 Å². The van der Waals surface area contributed by atoms with E-state index in [4.69, 9.17) is 0 Å². The summed E-state index contributed by atoms with van der Waals surface area (Å²) in [6.07, 6.45) is -2.46. The Kier molecular flexibility index (Phi) is 3.96. The number of benzene rings is 1. The summed E-state index contributed by atoms with van der Waals surface area (Å²) in [7, 11) is 0. The van der Waals surface area contributed by atoms with Crippen LogP contribution < -0.4 is 0 Å². The molecule has 5 nitrogen and oxygen atoms in total. The Morgan fingerprint density at radius 1 is 1.25 bits per heavy atom. The molecule has 124 valence electrons. The first-order chi connectivity index (χ1) is 11.4. The summed E-state index contributed by atoms with van der Waals surface area (Å²) in [4.78, 5) is 16.0. The number of pyridine rings is 1. The number of carbonyl (C=O) groups excluding carboxylic acids is 1. The molecule has 0 fully saturated rings. The lowest BCUT2D eigenvalue weighted by Crippen LogP contribution is -2.14. The molecule has 0 bridgehead atoms. The molecule has 0 radical (unpaired) electrons. The molecule has 24 heavy (non-hydrogen) atoms. The van der Waals surface area contributed by atoms with E-state index >= 15 is 0 Å². The van der Waals surface area contributed by atoms with Crippen molar-refractivity contribution >= 4 is 16.9 Å². The van der Waals surface area contributed by atoms with E-state index in [2.05, 4.69) is 14.8 Å². The second-order valence-electron chi connectivity index (χ2n) is 4.90. The number of alkyl halides is 3. The zero-order valence-corrected chi connectivity index (χ0v) is 12.5. The summed E-state index contributed by atoms with van der Waals surface area (Å²) in [5, 5.41) is 4.43. The number of carbonyl (C=O) groups is 1. The van der Waals surface area contributed by atoms with Gasteiger partial charge in [-0.05, 0) is 19.1 Å². The van der Waals surface area contributed by atoms with Crippen LogP contribution in [-0.4, -0.2) is 27.3 Å². The molecular weight excluding hydrogens is 323 g/mol. The number of para-hydroxylation sites is 1. The van der Waals surface area contributed by atoms with E-state index in [1.165, 1.54) is 19.2 Å². The largest absolute Gasteiger partial charge is 0.461 e. The van der Waals surface area contributed by atoms with E-state index in [-0.39, 0.29) is 6.61 Å². The number of ether oxygens (including phenoxy) is 1. The summed E-state index contributed by atoms with van der Waals surface area (Å²) >= 11 is 0. The average Bonchev–Trinajstić information content (AvgIpc) is 3.00. The number of aromatic nitrogens is 3. The fourth-order valence-corrected chi connectivity index (χ4v) is 2.34. The highest BCUT2D eigenvalue weighted by Gasteiger charge is 2.39. The molecule has 3 aromatic rings. The van der Waals surface area contributed by atoms with Crippen molar-refractivity contribution in [2.24, 2.45) is 0 Å². The van der Waals surface area contributed by atoms with Gasteiger partial charge in [0.1, 0.15) is 5.56 Å². The fraction of sp³-hybridized carbons (Fsp3) is 0.188. The Morgan fingerprint density at radius 2 is 2.00 bits per heavy atom. The molecule has 8 heteroatoms. The van der Waals surface area contributed by atoms with Crippen LogP contribution in [-0.2, 0) is 10.9 Å². The highest BCUT2D eigenvalue weighted by atomic mass is 19.4. The monoisotopic (exact) mass is 335 g/mol. The quantitative estimate of drug-likeness (QED) is 0.686. The number of nitrogens with zero attached hydrogens (tertiary/aromatic N) is 3. The summed E-state index contributed by atoms with van der Waals surface area (Å²) in [6.45, 7) is 1.47.